The number of allylic oxidation sites excluding steroid dienone is 2. The van der Waals surface area contributed by atoms with Crippen LogP contribution in [0.3, 0.4) is 0 Å². The first-order chi connectivity index (χ1) is 3.27. The van der Waals surface area contributed by atoms with Crippen LogP contribution in [0.25, 0.3) is 0 Å². The lowest BCUT2D eigenvalue weighted by molar-refractivity contribution is 0.875. The molecule has 0 nitrogen and oxygen atoms in total. The molecule has 0 atom stereocenters. The number of hydrogen-bond acceptors (Lipinski definition) is 0. The van der Waals surface area contributed by atoms with Crippen molar-refractivity contribution in [1.29, 1.82) is 0 Å². The maximum atomic E-state index is 3.03. The topological polar surface area (TPSA) is 0 Å². The lowest BCUT2D eigenvalue weighted by Crippen LogP contribution is -1.85. The maximum absolute atomic E-state index is 3.03. The zero-order valence-electron chi connectivity index (χ0n) is 4.65. The molecule has 0 N–H and O–H groups in total. The van der Waals surface area contributed by atoms with Crippen molar-refractivity contribution in [2.24, 2.45) is 5.41 Å². The molecule has 0 heterocycles. The second-order valence-electron chi connectivity index (χ2n) is 1.99. The Hall–Kier alpha value is -0.700. The second-order valence-corrected chi connectivity index (χ2v) is 1.99. The van der Waals surface area contributed by atoms with Crippen molar-refractivity contribution in [3.63, 3.8) is 0 Å². The van der Waals surface area contributed by atoms with Crippen LogP contribution in [-0.2, 0) is 0 Å². The Bertz CT molecular complexity index is 147. The Morgan fingerprint density at radius 3 is 2.14 bits per heavy atom. The third-order valence-electron chi connectivity index (χ3n) is 1.06. The van der Waals surface area contributed by atoms with E-state index in [9.17, 15) is 0 Å². The summed E-state index contributed by atoms with van der Waals surface area (Å²) in [7, 11) is 0. The van der Waals surface area contributed by atoms with Gasteiger partial charge in [0.2, 0.25) is 0 Å². The fraction of sp³-hybridized carbons (Fsp3) is 0.429. The highest BCUT2D eigenvalue weighted by Crippen LogP contribution is 2.31. The zero-order chi connectivity index (χ0) is 5.33. The van der Waals surface area contributed by atoms with Gasteiger partial charge in [-0.1, -0.05) is 18.1 Å². The lowest BCUT2D eigenvalue weighted by atomic mass is 10.1. The third kappa shape index (κ3) is 0.838. The maximum Gasteiger partial charge on any atom is 0.0646 e. The van der Waals surface area contributed by atoms with Crippen molar-refractivity contribution >= 4 is 0 Å². The summed E-state index contributed by atoms with van der Waals surface area (Å²) >= 11 is 0. The molecule has 0 aromatic rings. The molecule has 0 heteroatoms. The van der Waals surface area contributed by atoms with E-state index < -0.39 is 0 Å². The van der Waals surface area contributed by atoms with Crippen LogP contribution < -0.4 is 0 Å². The number of rotatable bonds is 0. The summed E-state index contributed by atoms with van der Waals surface area (Å²) in [6, 6.07) is 0. The van der Waals surface area contributed by atoms with E-state index in [0.717, 1.165) is 0 Å². The van der Waals surface area contributed by atoms with E-state index in [2.05, 4.69) is 30.9 Å². The van der Waals surface area contributed by atoms with E-state index in [1.165, 1.54) is 0 Å². The Morgan fingerprint density at radius 1 is 1.43 bits per heavy atom. The standard InChI is InChI=1S/C7H8/c1-3-4-7(2)5-6-7/h5-6H,1-2H3. The van der Waals surface area contributed by atoms with Gasteiger partial charge in [0, 0.05) is 0 Å². The van der Waals surface area contributed by atoms with Crippen LogP contribution >= 0.6 is 0 Å². The highest BCUT2D eigenvalue weighted by atomic mass is 14.3. The van der Waals surface area contributed by atoms with Gasteiger partial charge in [-0.15, -0.1) is 5.92 Å². The molecule has 0 spiro atoms. The molecule has 0 radical (unpaired) electrons. The minimum absolute atomic E-state index is 0.189. The second kappa shape index (κ2) is 1.13. The molecule has 1 rings (SSSR count). The molecule has 0 bridgehead atoms. The lowest BCUT2D eigenvalue weighted by Gasteiger charge is -1.90. The molecular weight excluding hydrogens is 84.1 g/mol. The van der Waals surface area contributed by atoms with Gasteiger partial charge in [-0.05, 0) is 13.8 Å². The third-order valence-corrected chi connectivity index (χ3v) is 1.06. The predicted molar refractivity (Wildman–Crippen MR) is 30.7 cm³/mol. The van der Waals surface area contributed by atoms with Crippen LogP contribution in [0.2, 0.25) is 0 Å². The molecule has 0 unspecified atom stereocenters. The predicted octanol–water partition coefficient (Wildman–Crippen LogP) is 1.59. The van der Waals surface area contributed by atoms with Gasteiger partial charge >= 0.3 is 0 Å². The van der Waals surface area contributed by atoms with Crippen LogP contribution in [0.1, 0.15) is 13.8 Å². The van der Waals surface area contributed by atoms with Gasteiger partial charge in [0.1, 0.15) is 0 Å². The van der Waals surface area contributed by atoms with Gasteiger partial charge in [-0.25, -0.2) is 0 Å². The number of hydrogen-bond donors (Lipinski definition) is 0. The van der Waals surface area contributed by atoms with Gasteiger partial charge in [0.25, 0.3) is 0 Å². The van der Waals surface area contributed by atoms with Crippen molar-refractivity contribution in [2.45, 2.75) is 13.8 Å². The van der Waals surface area contributed by atoms with Crippen LogP contribution in [0, 0.1) is 17.3 Å². The van der Waals surface area contributed by atoms with Crippen LogP contribution in [0.5, 0.6) is 0 Å². The summed E-state index contributed by atoms with van der Waals surface area (Å²) in [5, 5.41) is 0. The van der Waals surface area contributed by atoms with Crippen molar-refractivity contribution < 1.29 is 0 Å². The first-order valence-corrected chi connectivity index (χ1v) is 2.41. The summed E-state index contributed by atoms with van der Waals surface area (Å²) in [6.07, 6.45) is 4.20. The van der Waals surface area contributed by atoms with E-state index >= 15 is 0 Å². The highest BCUT2D eigenvalue weighted by molar-refractivity contribution is 5.37. The molecule has 0 fully saturated rings. The normalized spacial score (nSPS) is 20.3. The summed E-state index contributed by atoms with van der Waals surface area (Å²) in [5.41, 5.74) is 0.189. The molecule has 0 amide bonds. The average Bonchev–Trinajstić information content (AvgIpc) is 2.22. The molecule has 0 aromatic heterocycles. The SMILES string of the molecule is CC#CC1(C)C=C1. The van der Waals surface area contributed by atoms with E-state index in [1.54, 1.807) is 0 Å². The van der Waals surface area contributed by atoms with E-state index in [0.29, 0.717) is 0 Å². The minimum atomic E-state index is 0.189. The summed E-state index contributed by atoms with van der Waals surface area (Å²) in [5.74, 6) is 5.89. The summed E-state index contributed by atoms with van der Waals surface area (Å²) < 4.78 is 0. The molecule has 0 saturated heterocycles. The Kier molecular flexibility index (Phi) is 0.722. The smallest absolute Gasteiger partial charge is 0.0646 e. The van der Waals surface area contributed by atoms with Gasteiger partial charge in [0.15, 0.2) is 0 Å². The van der Waals surface area contributed by atoms with Crippen molar-refractivity contribution in [1.82, 2.24) is 0 Å². The molecule has 36 valence electrons. The minimum Gasteiger partial charge on any atom is -0.105 e. The van der Waals surface area contributed by atoms with Crippen molar-refractivity contribution in [3.05, 3.63) is 12.2 Å². The van der Waals surface area contributed by atoms with Crippen molar-refractivity contribution in [3.8, 4) is 11.8 Å². The zero-order valence-corrected chi connectivity index (χ0v) is 4.65. The van der Waals surface area contributed by atoms with E-state index in [1.807, 2.05) is 6.92 Å². The van der Waals surface area contributed by atoms with Crippen LogP contribution in [0.15, 0.2) is 12.2 Å². The highest BCUT2D eigenvalue weighted by Gasteiger charge is 2.23. The Morgan fingerprint density at radius 2 is 2.00 bits per heavy atom. The largest absolute Gasteiger partial charge is 0.105 e. The fourth-order valence-electron chi connectivity index (χ4n) is 0.478. The molecule has 7 heavy (non-hydrogen) atoms. The van der Waals surface area contributed by atoms with Gasteiger partial charge in [-0.2, -0.15) is 0 Å². The van der Waals surface area contributed by atoms with Gasteiger partial charge < -0.3 is 0 Å². The summed E-state index contributed by atoms with van der Waals surface area (Å²) in [4.78, 5) is 0. The molecule has 0 aliphatic heterocycles. The van der Waals surface area contributed by atoms with E-state index in [4.69, 9.17) is 0 Å². The van der Waals surface area contributed by atoms with Gasteiger partial charge in [-0.3, -0.25) is 0 Å². The first kappa shape index (κ1) is 4.46. The Labute approximate surface area is 44.2 Å². The average molecular weight is 92.1 g/mol. The summed E-state index contributed by atoms with van der Waals surface area (Å²) in [6.45, 7) is 3.97. The van der Waals surface area contributed by atoms with E-state index in [-0.39, 0.29) is 5.41 Å². The quantitative estimate of drug-likeness (QED) is 0.314. The van der Waals surface area contributed by atoms with Gasteiger partial charge in [0.05, 0.1) is 5.41 Å². The molecule has 1 aliphatic carbocycles. The molecular formula is C7H8. The molecule has 0 aromatic carbocycles. The Balaban J connectivity index is 2.53. The van der Waals surface area contributed by atoms with Crippen LogP contribution in [-0.4, -0.2) is 0 Å². The molecule has 1 aliphatic rings. The van der Waals surface area contributed by atoms with Crippen molar-refractivity contribution in [2.75, 3.05) is 0 Å². The molecule has 0 saturated carbocycles. The fourth-order valence-corrected chi connectivity index (χ4v) is 0.478. The van der Waals surface area contributed by atoms with Crippen LogP contribution in [0.4, 0.5) is 0 Å². The first-order valence-electron chi connectivity index (χ1n) is 2.41. The monoisotopic (exact) mass is 92.1 g/mol.